The van der Waals surface area contributed by atoms with E-state index in [2.05, 4.69) is 15.5 Å². The molecule has 1 aromatic heterocycles. The van der Waals surface area contributed by atoms with Gasteiger partial charge in [-0.05, 0) is 23.3 Å². The van der Waals surface area contributed by atoms with Crippen LogP contribution in [0.5, 0.6) is 0 Å². The number of nitrogens with one attached hydrogen (secondary N) is 1. The molecular weight excluding hydrogens is 298 g/mol. The summed E-state index contributed by atoms with van der Waals surface area (Å²) in [5, 5.41) is 4.36. The normalized spacial score (nSPS) is 11.1. The summed E-state index contributed by atoms with van der Waals surface area (Å²) in [4.78, 5) is 16.1. The Labute approximate surface area is 140 Å². The fraction of sp³-hybridized carbons (Fsp3) is 0.0500. The Bertz CT molecular complexity index is 815. The van der Waals surface area contributed by atoms with Gasteiger partial charge < -0.3 is 0 Å². The summed E-state index contributed by atoms with van der Waals surface area (Å²) in [7, 11) is 0. The monoisotopic (exact) mass is 315 g/mol. The number of pyridine rings is 1. The SMILES string of the molecule is O=C(N/N=C(\Cc1ccccc1)c1ccccc1)c1ccncc1. The summed E-state index contributed by atoms with van der Waals surface area (Å²) < 4.78 is 0. The zero-order chi connectivity index (χ0) is 16.6. The van der Waals surface area contributed by atoms with E-state index in [9.17, 15) is 4.79 Å². The second-order valence-electron chi connectivity index (χ2n) is 5.26. The molecule has 0 bridgehead atoms. The predicted octanol–water partition coefficient (Wildman–Crippen LogP) is 3.46. The molecule has 0 saturated heterocycles. The van der Waals surface area contributed by atoms with Gasteiger partial charge in [0.1, 0.15) is 0 Å². The van der Waals surface area contributed by atoms with Crippen LogP contribution >= 0.6 is 0 Å². The molecule has 24 heavy (non-hydrogen) atoms. The van der Waals surface area contributed by atoms with Crippen LogP contribution in [0.25, 0.3) is 0 Å². The van der Waals surface area contributed by atoms with Gasteiger partial charge in [0.15, 0.2) is 0 Å². The van der Waals surface area contributed by atoms with E-state index in [0.29, 0.717) is 12.0 Å². The van der Waals surface area contributed by atoms with Crippen molar-refractivity contribution in [3.8, 4) is 0 Å². The number of hydrogen-bond donors (Lipinski definition) is 1. The van der Waals surface area contributed by atoms with E-state index < -0.39 is 0 Å². The maximum absolute atomic E-state index is 12.2. The maximum atomic E-state index is 12.2. The molecule has 2 aromatic carbocycles. The number of benzene rings is 2. The lowest BCUT2D eigenvalue weighted by Crippen LogP contribution is -2.21. The topological polar surface area (TPSA) is 54.4 Å². The minimum atomic E-state index is -0.251. The van der Waals surface area contributed by atoms with Crippen molar-refractivity contribution >= 4 is 11.6 Å². The summed E-state index contributed by atoms with van der Waals surface area (Å²) in [6.45, 7) is 0. The van der Waals surface area contributed by atoms with Crippen molar-refractivity contribution in [2.45, 2.75) is 6.42 Å². The van der Waals surface area contributed by atoms with Crippen molar-refractivity contribution < 1.29 is 4.79 Å². The van der Waals surface area contributed by atoms with Crippen molar-refractivity contribution in [3.63, 3.8) is 0 Å². The molecule has 0 aliphatic rings. The standard InChI is InChI=1S/C20H17N3O/c24-20(18-11-13-21-14-12-18)23-22-19(17-9-5-2-6-10-17)15-16-7-3-1-4-8-16/h1-14H,15H2,(H,23,24)/b22-19+. The fourth-order valence-electron chi connectivity index (χ4n) is 2.31. The fourth-order valence-corrected chi connectivity index (χ4v) is 2.31. The molecule has 4 heteroatoms. The van der Waals surface area contributed by atoms with E-state index >= 15 is 0 Å². The number of rotatable bonds is 5. The van der Waals surface area contributed by atoms with Crippen LogP contribution in [-0.2, 0) is 6.42 Å². The van der Waals surface area contributed by atoms with Crippen molar-refractivity contribution in [1.82, 2.24) is 10.4 Å². The van der Waals surface area contributed by atoms with Crippen LogP contribution < -0.4 is 5.43 Å². The molecule has 1 heterocycles. The lowest BCUT2D eigenvalue weighted by molar-refractivity contribution is 0.0954. The Hall–Kier alpha value is -3.27. The second kappa shape index (κ2) is 7.83. The first-order chi connectivity index (χ1) is 11.8. The Morgan fingerprint density at radius 1 is 0.833 bits per heavy atom. The van der Waals surface area contributed by atoms with E-state index in [-0.39, 0.29) is 5.91 Å². The van der Waals surface area contributed by atoms with E-state index in [1.165, 1.54) is 0 Å². The summed E-state index contributed by atoms with van der Waals surface area (Å²) in [6.07, 6.45) is 3.81. The number of amides is 1. The average Bonchev–Trinajstić information content (AvgIpc) is 2.67. The molecule has 0 spiro atoms. The van der Waals surface area contributed by atoms with Gasteiger partial charge in [0.2, 0.25) is 0 Å². The number of carbonyl (C=O) groups is 1. The molecular formula is C20H17N3O. The highest BCUT2D eigenvalue weighted by molar-refractivity contribution is 6.03. The molecule has 0 radical (unpaired) electrons. The van der Waals surface area contributed by atoms with E-state index in [1.807, 2.05) is 60.7 Å². The van der Waals surface area contributed by atoms with Crippen molar-refractivity contribution in [2.75, 3.05) is 0 Å². The molecule has 0 atom stereocenters. The summed E-state index contributed by atoms with van der Waals surface area (Å²) in [5.41, 5.74) is 6.10. The molecule has 0 saturated carbocycles. The van der Waals surface area contributed by atoms with Gasteiger partial charge >= 0.3 is 0 Å². The molecule has 118 valence electrons. The largest absolute Gasteiger partial charge is 0.271 e. The maximum Gasteiger partial charge on any atom is 0.271 e. The molecule has 3 aromatic rings. The van der Waals surface area contributed by atoms with E-state index in [4.69, 9.17) is 0 Å². The number of hydrogen-bond acceptors (Lipinski definition) is 3. The number of nitrogens with zero attached hydrogens (tertiary/aromatic N) is 2. The first-order valence-corrected chi connectivity index (χ1v) is 7.69. The molecule has 0 unspecified atom stereocenters. The quantitative estimate of drug-likeness (QED) is 0.579. The van der Waals surface area contributed by atoms with Gasteiger partial charge in [-0.25, -0.2) is 5.43 Å². The van der Waals surface area contributed by atoms with Crippen molar-refractivity contribution in [1.29, 1.82) is 0 Å². The Morgan fingerprint density at radius 2 is 1.46 bits per heavy atom. The second-order valence-corrected chi connectivity index (χ2v) is 5.26. The van der Waals surface area contributed by atoms with Gasteiger partial charge in [0, 0.05) is 24.4 Å². The van der Waals surface area contributed by atoms with Crippen LogP contribution in [0.15, 0.2) is 90.3 Å². The average molecular weight is 315 g/mol. The van der Waals surface area contributed by atoms with Crippen LogP contribution in [0.3, 0.4) is 0 Å². The minimum Gasteiger partial charge on any atom is -0.267 e. The highest BCUT2D eigenvalue weighted by Crippen LogP contribution is 2.08. The van der Waals surface area contributed by atoms with E-state index in [0.717, 1.165) is 16.8 Å². The molecule has 1 N–H and O–H groups in total. The Kier molecular flexibility index (Phi) is 5.10. The van der Waals surface area contributed by atoms with Gasteiger partial charge in [-0.2, -0.15) is 5.10 Å². The third-order valence-corrected chi connectivity index (χ3v) is 3.56. The zero-order valence-corrected chi connectivity index (χ0v) is 13.1. The first kappa shape index (κ1) is 15.6. The van der Waals surface area contributed by atoms with Crippen LogP contribution in [0.2, 0.25) is 0 Å². The Morgan fingerprint density at radius 3 is 2.12 bits per heavy atom. The van der Waals surface area contributed by atoms with Crippen LogP contribution in [0, 0.1) is 0 Å². The number of hydrazone groups is 1. The van der Waals surface area contributed by atoms with Gasteiger partial charge in [0.25, 0.3) is 5.91 Å². The lowest BCUT2D eigenvalue weighted by atomic mass is 10.0. The summed E-state index contributed by atoms with van der Waals surface area (Å²) in [5.74, 6) is -0.251. The summed E-state index contributed by atoms with van der Waals surface area (Å²) >= 11 is 0. The zero-order valence-electron chi connectivity index (χ0n) is 13.1. The number of aromatic nitrogens is 1. The lowest BCUT2D eigenvalue weighted by Gasteiger charge is -2.08. The molecule has 4 nitrogen and oxygen atoms in total. The van der Waals surface area contributed by atoms with Crippen LogP contribution in [-0.4, -0.2) is 16.6 Å². The van der Waals surface area contributed by atoms with Crippen molar-refractivity contribution in [3.05, 3.63) is 102 Å². The molecule has 0 aliphatic heterocycles. The van der Waals surface area contributed by atoms with E-state index in [1.54, 1.807) is 24.5 Å². The van der Waals surface area contributed by atoms with Gasteiger partial charge in [-0.1, -0.05) is 60.7 Å². The van der Waals surface area contributed by atoms with Gasteiger partial charge in [0.05, 0.1) is 5.71 Å². The van der Waals surface area contributed by atoms with Crippen LogP contribution in [0.1, 0.15) is 21.5 Å². The third-order valence-electron chi connectivity index (χ3n) is 3.56. The minimum absolute atomic E-state index is 0.251. The molecule has 3 rings (SSSR count). The van der Waals surface area contributed by atoms with Gasteiger partial charge in [-0.3, -0.25) is 9.78 Å². The van der Waals surface area contributed by atoms with Crippen molar-refractivity contribution in [2.24, 2.45) is 5.10 Å². The van der Waals surface area contributed by atoms with Gasteiger partial charge in [-0.15, -0.1) is 0 Å². The van der Waals surface area contributed by atoms with Crippen LogP contribution in [0.4, 0.5) is 0 Å². The summed E-state index contributed by atoms with van der Waals surface area (Å²) in [6, 6.07) is 23.2. The molecule has 0 aliphatic carbocycles. The number of carbonyl (C=O) groups excluding carboxylic acids is 1. The highest BCUT2D eigenvalue weighted by atomic mass is 16.2. The first-order valence-electron chi connectivity index (χ1n) is 7.69. The predicted molar refractivity (Wildman–Crippen MR) is 94.8 cm³/mol. The highest BCUT2D eigenvalue weighted by Gasteiger charge is 2.08. The third kappa shape index (κ3) is 4.14. The smallest absolute Gasteiger partial charge is 0.267 e. The molecule has 1 amide bonds. The Balaban J connectivity index is 1.83. The molecule has 0 fully saturated rings.